The molecule has 0 aromatic heterocycles. The number of anilines is 3. The van der Waals surface area contributed by atoms with Crippen LogP contribution in [0.5, 0.6) is 0 Å². The van der Waals surface area contributed by atoms with Gasteiger partial charge in [-0.05, 0) is 30.3 Å². The van der Waals surface area contributed by atoms with E-state index in [1.165, 1.54) is 0 Å². The summed E-state index contributed by atoms with van der Waals surface area (Å²) in [5.74, 6) is 0. The topological polar surface area (TPSA) is 88.4 Å². The third-order valence-corrected chi connectivity index (χ3v) is 3.86. The molecular weight excluding hydrogens is 300 g/mol. The number of nitrogen functional groups attached to an aromatic ring is 2. The Morgan fingerprint density at radius 1 is 1.04 bits per heavy atom. The highest BCUT2D eigenvalue weighted by Crippen LogP contribution is 2.23. The van der Waals surface area contributed by atoms with Gasteiger partial charge in [0.1, 0.15) is 0 Å². The van der Waals surface area contributed by atoms with E-state index < -0.39 is 0 Å². The lowest BCUT2D eigenvalue weighted by Crippen LogP contribution is -2.36. The summed E-state index contributed by atoms with van der Waals surface area (Å²) in [5, 5.41) is 8.44. The van der Waals surface area contributed by atoms with Crippen molar-refractivity contribution < 1.29 is 4.74 Å². The number of nitrogens with zero attached hydrogens (tertiary/aromatic N) is 1. The van der Waals surface area contributed by atoms with Crippen LogP contribution in [0.2, 0.25) is 0 Å². The first kappa shape index (κ1) is 17.8. The van der Waals surface area contributed by atoms with E-state index in [1.54, 1.807) is 18.2 Å². The number of morpholine rings is 1. The minimum Gasteiger partial charge on any atom is -0.399 e. The van der Waals surface area contributed by atoms with Crippen molar-refractivity contribution in [2.45, 2.75) is 13.8 Å². The van der Waals surface area contributed by atoms with Gasteiger partial charge in [0.05, 0.1) is 18.9 Å². The maximum absolute atomic E-state index is 8.44. The van der Waals surface area contributed by atoms with Gasteiger partial charge in [-0.3, -0.25) is 5.41 Å². The van der Waals surface area contributed by atoms with Crippen LogP contribution in [-0.2, 0) is 4.74 Å². The fraction of sp³-hybridized carbons (Fsp3) is 0.316. The van der Waals surface area contributed by atoms with Gasteiger partial charge in [0, 0.05) is 41.3 Å². The Kier molecular flexibility index (Phi) is 6.21. The number of nitrogens with two attached hydrogens (primary N) is 2. The molecule has 1 saturated heterocycles. The van der Waals surface area contributed by atoms with Crippen LogP contribution in [0.1, 0.15) is 25.0 Å². The molecule has 0 radical (unpaired) electrons. The van der Waals surface area contributed by atoms with E-state index in [2.05, 4.69) is 11.0 Å². The molecule has 0 amide bonds. The average Bonchev–Trinajstić information content (AvgIpc) is 2.65. The van der Waals surface area contributed by atoms with Crippen LogP contribution < -0.4 is 16.4 Å². The summed E-state index contributed by atoms with van der Waals surface area (Å²) in [4.78, 5) is 2.27. The SMILES string of the molecule is CC.N=C(c1cccc(N2CCOCC2)c1)c1cc(N)ccc1N. The highest BCUT2D eigenvalue weighted by molar-refractivity contribution is 6.14. The number of ether oxygens (including phenoxy) is 1. The van der Waals surface area contributed by atoms with Crippen LogP contribution in [0.25, 0.3) is 0 Å². The molecule has 1 aliphatic rings. The summed E-state index contributed by atoms with van der Waals surface area (Å²) in [6.07, 6.45) is 0. The molecule has 0 saturated carbocycles. The Hall–Kier alpha value is -2.53. The van der Waals surface area contributed by atoms with E-state index in [-0.39, 0.29) is 0 Å². The van der Waals surface area contributed by atoms with Crippen molar-refractivity contribution in [2.24, 2.45) is 0 Å². The van der Waals surface area contributed by atoms with Crippen LogP contribution in [0.15, 0.2) is 42.5 Å². The summed E-state index contributed by atoms with van der Waals surface area (Å²) < 4.78 is 5.38. The fourth-order valence-corrected chi connectivity index (χ4v) is 2.63. The number of hydrogen-bond donors (Lipinski definition) is 3. The van der Waals surface area contributed by atoms with Crippen molar-refractivity contribution in [3.63, 3.8) is 0 Å². The van der Waals surface area contributed by atoms with Crippen molar-refractivity contribution in [1.29, 1.82) is 5.41 Å². The van der Waals surface area contributed by atoms with Gasteiger partial charge < -0.3 is 21.1 Å². The fourth-order valence-electron chi connectivity index (χ4n) is 2.63. The lowest BCUT2D eigenvalue weighted by Gasteiger charge is -2.29. The van der Waals surface area contributed by atoms with E-state index in [0.717, 1.165) is 37.6 Å². The third-order valence-electron chi connectivity index (χ3n) is 3.86. The van der Waals surface area contributed by atoms with Gasteiger partial charge in [-0.1, -0.05) is 26.0 Å². The van der Waals surface area contributed by atoms with E-state index >= 15 is 0 Å². The number of rotatable bonds is 3. The van der Waals surface area contributed by atoms with Crippen molar-refractivity contribution in [3.05, 3.63) is 53.6 Å². The second-order valence-electron chi connectivity index (χ2n) is 5.37. The molecule has 1 heterocycles. The van der Waals surface area contributed by atoms with Crippen molar-refractivity contribution in [2.75, 3.05) is 42.7 Å². The molecule has 5 heteroatoms. The first-order chi connectivity index (χ1) is 11.6. The monoisotopic (exact) mass is 326 g/mol. The summed E-state index contributed by atoms with van der Waals surface area (Å²) in [7, 11) is 0. The van der Waals surface area contributed by atoms with Crippen LogP contribution in [0, 0.1) is 5.41 Å². The lowest BCUT2D eigenvalue weighted by molar-refractivity contribution is 0.122. The largest absolute Gasteiger partial charge is 0.399 e. The molecule has 128 valence electrons. The number of hydrogen-bond acceptors (Lipinski definition) is 5. The van der Waals surface area contributed by atoms with E-state index in [9.17, 15) is 0 Å². The second kappa shape index (κ2) is 8.36. The third kappa shape index (κ3) is 4.06. The summed E-state index contributed by atoms with van der Waals surface area (Å²) in [6.45, 7) is 7.22. The molecule has 0 spiro atoms. The zero-order valence-electron chi connectivity index (χ0n) is 14.4. The van der Waals surface area contributed by atoms with Gasteiger partial charge >= 0.3 is 0 Å². The smallest absolute Gasteiger partial charge is 0.0706 e. The van der Waals surface area contributed by atoms with E-state index in [1.807, 2.05) is 32.0 Å². The first-order valence-corrected chi connectivity index (χ1v) is 8.32. The molecule has 3 rings (SSSR count). The summed E-state index contributed by atoms with van der Waals surface area (Å²) in [6, 6.07) is 13.2. The maximum atomic E-state index is 8.44. The normalized spacial score (nSPS) is 13.8. The van der Waals surface area contributed by atoms with E-state index in [0.29, 0.717) is 22.6 Å². The summed E-state index contributed by atoms with van der Waals surface area (Å²) in [5.41, 5.74) is 16.0. The zero-order chi connectivity index (χ0) is 17.5. The standard InChI is InChI=1S/C17H20N4O.C2H6/c18-13-4-5-16(19)15(11-13)17(20)12-2-1-3-14(10-12)21-6-8-22-9-7-21;1-2/h1-5,10-11,20H,6-9,18-19H2;1-2H3. The molecule has 0 unspecified atom stereocenters. The first-order valence-electron chi connectivity index (χ1n) is 8.32. The molecule has 5 nitrogen and oxygen atoms in total. The van der Waals surface area contributed by atoms with Crippen molar-refractivity contribution >= 4 is 22.8 Å². The van der Waals surface area contributed by atoms with Crippen LogP contribution in [-0.4, -0.2) is 32.0 Å². The highest BCUT2D eigenvalue weighted by atomic mass is 16.5. The van der Waals surface area contributed by atoms with Gasteiger partial charge in [0.15, 0.2) is 0 Å². The van der Waals surface area contributed by atoms with Crippen LogP contribution >= 0.6 is 0 Å². The van der Waals surface area contributed by atoms with Gasteiger partial charge in [-0.25, -0.2) is 0 Å². The Bertz CT molecular complexity index is 694. The molecular formula is C19H26N4O. The average molecular weight is 326 g/mol. The van der Waals surface area contributed by atoms with Crippen molar-refractivity contribution in [3.8, 4) is 0 Å². The van der Waals surface area contributed by atoms with Crippen molar-refractivity contribution in [1.82, 2.24) is 0 Å². The molecule has 1 fully saturated rings. The minimum atomic E-state index is 0.389. The predicted molar refractivity (Wildman–Crippen MR) is 102 cm³/mol. The quantitative estimate of drug-likeness (QED) is 0.597. The molecule has 0 aliphatic carbocycles. The molecule has 5 N–H and O–H groups in total. The molecule has 0 bridgehead atoms. The second-order valence-corrected chi connectivity index (χ2v) is 5.37. The molecule has 2 aromatic carbocycles. The molecule has 0 atom stereocenters. The molecule has 2 aromatic rings. The van der Waals surface area contributed by atoms with Crippen LogP contribution in [0.4, 0.5) is 17.1 Å². The van der Waals surface area contributed by atoms with Gasteiger partial charge in [-0.2, -0.15) is 0 Å². The Balaban J connectivity index is 0.00000100. The van der Waals surface area contributed by atoms with Gasteiger partial charge in [0.25, 0.3) is 0 Å². The minimum absolute atomic E-state index is 0.389. The predicted octanol–water partition coefficient (Wildman–Crippen LogP) is 3.13. The zero-order valence-corrected chi connectivity index (χ0v) is 14.4. The maximum Gasteiger partial charge on any atom is 0.0706 e. The molecule has 24 heavy (non-hydrogen) atoms. The van der Waals surface area contributed by atoms with Crippen LogP contribution in [0.3, 0.4) is 0 Å². The Morgan fingerprint density at radius 2 is 1.75 bits per heavy atom. The lowest BCUT2D eigenvalue weighted by atomic mass is 9.99. The summed E-state index contributed by atoms with van der Waals surface area (Å²) >= 11 is 0. The van der Waals surface area contributed by atoms with E-state index in [4.69, 9.17) is 21.6 Å². The molecule has 1 aliphatic heterocycles. The van der Waals surface area contributed by atoms with Gasteiger partial charge in [0.2, 0.25) is 0 Å². The van der Waals surface area contributed by atoms with Gasteiger partial charge in [-0.15, -0.1) is 0 Å². The Morgan fingerprint density at radius 3 is 2.46 bits per heavy atom. The number of nitrogens with one attached hydrogen (secondary N) is 1. The number of benzene rings is 2. The Labute approximate surface area is 143 Å². The highest BCUT2D eigenvalue weighted by Gasteiger charge is 2.14.